The van der Waals surface area contributed by atoms with Crippen LogP contribution >= 0.6 is 0 Å². The Morgan fingerprint density at radius 1 is 1.12 bits per heavy atom. The predicted octanol–water partition coefficient (Wildman–Crippen LogP) is 3.33. The Kier molecular flexibility index (Phi) is 7.23. The first kappa shape index (κ1) is 24.1. The fourth-order valence-electron chi connectivity index (χ4n) is 3.59. The average molecular weight is 469 g/mol. The molecule has 1 N–H and O–H groups in total. The second-order valence-corrected chi connectivity index (χ2v) is 9.62. The molecule has 174 valence electrons. The molecule has 33 heavy (non-hydrogen) atoms. The summed E-state index contributed by atoms with van der Waals surface area (Å²) in [6.45, 7) is 5.65. The van der Waals surface area contributed by atoms with Crippen LogP contribution in [-0.2, 0) is 14.8 Å². The first-order valence-corrected chi connectivity index (χ1v) is 12.1. The molecule has 0 atom stereocenters. The summed E-state index contributed by atoms with van der Waals surface area (Å²) in [5, 5.41) is 4.05. The minimum absolute atomic E-state index is 0.360. The van der Waals surface area contributed by atoms with Crippen molar-refractivity contribution in [1.29, 1.82) is 0 Å². The number of carbonyl (C=O) groups excluding carboxylic acids is 1. The number of methoxy groups -OCH3 is 1. The van der Waals surface area contributed by atoms with E-state index in [1.54, 1.807) is 30.5 Å². The lowest BCUT2D eigenvalue weighted by Gasteiger charge is -2.21. The lowest BCUT2D eigenvalue weighted by atomic mass is 10.2. The molecule has 3 aromatic rings. The molecule has 0 unspecified atom stereocenters. The number of amides is 1. The summed E-state index contributed by atoms with van der Waals surface area (Å²) in [4.78, 5) is 12.4. The molecule has 0 aliphatic carbocycles. The Labute approximate surface area is 194 Å². The van der Waals surface area contributed by atoms with E-state index in [4.69, 9.17) is 4.74 Å². The maximum Gasteiger partial charge on any atom is 0.260 e. The second kappa shape index (κ2) is 9.91. The van der Waals surface area contributed by atoms with Gasteiger partial charge in [0, 0.05) is 22.6 Å². The first-order valence-electron chi connectivity index (χ1n) is 10.3. The lowest BCUT2D eigenvalue weighted by Crippen LogP contribution is -2.39. The number of hydrazone groups is 1. The zero-order chi connectivity index (χ0) is 24.2. The van der Waals surface area contributed by atoms with Crippen LogP contribution in [0.4, 0.5) is 5.69 Å². The number of nitrogens with zero attached hydrogens (tertiary/aromatic N) is 3. The Morgan fingerprint density at radius 3 is 2.39 bits per heavy atom. The Bertz CT molecular complexity index is 1280. The van der Waals surface area contributed by atoms with Gasteiger partial charge in [-0.05, 0) is 62.7 Å². The van der Waals surface area contributed by atoms with Crippen molar-refractivity contribution in [3.05, 3.63) is 77.1 Å². The molecular weight excluding hydrogens is 440 g/mol. The Morgan fingerprint density at radius 2 is 1.79 bits per heavy atom. The minimum atomic E-state index is -3.68. The van der Waals surface area contributed by atoms with Crippen molar-refractivity contribution in [3.8, 4) is 11.4 Å². The maximum absolute atomic E-state index is 12.4. The quantitative estimate of drug-likeness (QED) is 0.405. The SMILES string of the molecule is COc1ccc(N(CC(=O)N/N=C/c2cc(C)n(-c3ccccc3C)c2C)S(C)(=O)=O)cc1. The molecule has 1 aromatic heterocycles. The van der Waals surface area contributed by atoms with Crippen LogP contribution in [0, 0.1) is 20.8 Å². The van der Waals surface area contributed by atoms with Crippen molar-refractivity contribution in [3.63, 3.8) is 0 Å². The van der Waals surface area contributed by atoms with Crippen LogP contribution < -0.4 is 14.5 Å². The van der Waals surface area contributed by atoms with Crippen LogP contribution in [0.2, 0.25) is 0 Å². The van der Waals surface area contributed by atoms with Crippen molar-refractivity contribution < 1.29 is 17.9 Å². The van der Waals surface area contributed by atoms with E-state index in [2.05, 4.69) is 34.2 Å². The Balaban J connectivity index is 1.74. The predicted molar refractivity (Wildman–Crippen MR) is 131 cm³/mol. The number of aromatic nitrogens is 1. The standard InChI is InChI=1S/C24H28N4O4S/c1-17-8-6-7-9-23(17)28-18(2)14-20(19(28)3)15-25-26-24(29)16-27(33(5,30)31)21-10-12-22(32-4)13-11-21/h6-15H,16H2,1-5H3,(H,26,29)/b25-15+. The highest BCUT2D eigenvalue weighted by Crippen LogP contribution is 2.23. The van der Waals surface area contributed by atoms with E-state index in [9.17, 15) is 13.2 Å². The third-order valence-electron chi connectivity index (χ3n) is 5.27. The number of sulfonamides is 1. The van der Waals surface area contributed by atoms with Crippen LogP contribution in [0.25, 0.3) is 5.69 Å². The highest BCUT2D eigenvalue weighted by atomic mass is 32.2. The molecule has 0 radical (unpaired) electrons. The van der Waals surface area contributed by atoms with Gasteiger partial charge >= 0.3 is 0 Å². The highest BCUT2D eigenvalue weighted by Gasteiger charge is 2.21. The van der Waals surface area contributed by atoms with Gasteiger partial charge in [0.15, 0.2) is 0 Å². The molecule has 8 nitrogen and oxygen atoms in total. The fraction of sp³-hybridized carbons (Fsp3) is 0.250. The van der Waals surface area contributed by atoms with Gasteiger partial charge in [0.2, 0.25) is 10.0 Å². The van der Waals surface area contributed by atoms with Crippen molar-refractivity contribution in [1.82, 2.24) is 9.99 Å². The number of hydrogen-bond donors (Lipinski definition) is 1. The van der Waals surface area contributed by atoms with Gasteiger partial charge in [0.05, 0.1) is 25.3 Å². The third kappa shape index (κ3) is 5.61. The largest absolute Gasteiger partial charge is 0.497 e. The zero-order valence-corrected chi connectivity index (χ0v) is 20.2. The summed E-state index contributed by atoms with van der Waals surface area (Å²) in [5.74, 6) is 0.0322. The van der Waals surface area contributed by atoms with E-state index in [1.165, 1.54) is 7.11 Å². The molecular formula is C24H28N4O4S. The van der Waals surface area contributed by atoms with Crippen LogP contribution in [0.3, 0.4) is 0 Å². The van der Waals surface area contributed by atoms with E-state index in [-0.39, 0.29) is 0 Å². The molecule has 0 aliphatic rings. The van der Waals surface area contributed by atoms with Gasteiger partial charge in [0.1, 0.15) is 12.3 Å². The maximum atomic E-state index is 12.4. The normalized spacial score (nSPS) is 11.5. The number of anilines is 1. The number of ether oxygens (including phenoxy) is 1. The Hall–Kier alpha value is -3.59. The molecule has 3 rings (SSSR count). The smallest absolute Gasteiger partial charge is 0.260 e. The minimum Gasteiger partial charge on any atom is -0.497 e. The zero-order valence-electron chi connectivity index (χ0n) is 19.4. The van der Waals surface area contributed by atoms with Crippen LogP contribution in [0.5, 0.6) is 5.75 Å². The topological polar surface area (TPSA) is 93.0 Å². The van der Waals surface area contributed by atoms with Gasteiger partial charge in [0.25, 0.3) is 5.91 Å². The summed E-state index contributed by atoms with van der Waals surface area (Å²) in [7, 11) is -2.16. The van der Waals surface area contributed by atoms with Crippen LogP contribution in [-0.4, -0.2) is 45.0 Å². The second-order valence-electron chi connectivity index (χ2n) is 7.71. The molecule has 2 aromatic carbocycles. The molecule has 0 saturated carbocycles. The number of benzene rings is 2. The monoisotopic (exact) mass is 468 g/mol. The molecule has 0 fully saturated rings. The van der Waals surface area contributed by atoms with Crippen molar-refractivity contribution >= 4 is 27.8 Å². The van der Waals surface area contributed by atoms with Crippen molar-refractivity contribution in [2.75, 3.05) is 24.2 Å². The molecule has 1 amide bonds. The molecule has 0 bridgehead atoms. The van der Waals surface area contributed by atoms with E-state index >= 15 is 0 Å². The van der Waals surface area contributed by atoms with Gasteiger partial charge in [-0.15, -0.1) is 0 Å². The van der Waals surface area contributed by atoms with Gasteiger partial charge < -0.3 is 9.30 Å². The highest BCUT2D eigenvalue weighted by molar-refractivity contribution is 7.92. The average Bonchev–Trinajstić information content (AvgIpc) is 3.05. The number of para-hydroxylation sites is 1. The molecule has 0 aliphatic heterocycles. The molecule has 9 heteroatoms. The summed E-state index contributed by atoms with van der Waals surface area (Å²) < 4.78 is 32.7. The third-order valence-corrected chi connectivity index (χ3v) is 6.41. The van der Waals surface area contributed by atoms with Gasteiger partial charge in [-0.3, -0.25) is 9.10 Å². The van der Waals surface area contributed by atoms with Crippen LogP contribution in [0.1, 0.15) is 22.5 Å². The number of aryl methyl sites for hydroxylation is 2. The lowest BCUT2D eigenvalue weighted by molar-refractivity contribution is -0.119. The molecule has 0 spiro atoms. The fourth-order valence-corrected chi connectivity index (χ4v) is 4.45. The van der Waals surface area contributed by atoms with Gasteiger partial charge in [-0.1, -0.05) is 18.2 Å². The van der Waals surface area contributed by atoms with E-state index < -0.39 is 22.5 Å². The van der Waals surface area contributed by atoms with Crippen molar-refractivity contribution in [2.24, 2.45) is 5.10 Å². The number of rotatable bonds is 8. The van der Waals surface area contributed by atoms with Gasteiger partial charge in [-0.2, -0.15) is 5.10 Å². The van der Waals surface area contributed by atoms with Gasteiger partial charge in [-0.25, -0.2) is 13.8 Å². The summed E-state index contributed by atoms with van der Waals surface area (Å²) >= 11 is 0. The number of hydrogen-bond acceptors (Lipinski definition) is 5. The summed E-state index contributed by atoms with van der Waals surface area (Å²) in [6.07, 6.45) is 2.61. The first-order chi connectivity index (χ1) is 15.6. The number of carbonyl (C=O) groups is 1. The van der Waals surface area contributed by atoms with E-state index in [1.807, 2.05) is 32.0 Å². The van der Waals surface area contributed by atoms with Crippen LogP contribution in [0.15, 0.2) is 59.7 Å². The molecule has 0 saturated heterocycles. The van der Waals surface area contributed by atoms with E-state index in [0.717, 1.165) is 38.8 Å². The summed E-state index contributed by atoms with van der Waals surface area (Å²) in [6, 6.07) is 16.5. The number of nitrogens with one attached hydrogen (secondary N) is 1. The summed E-state index contributed by atoms with van der Waals surface area (Å²) in [5.41, 5.74) is 7.89. The van der Waals surface area contributed by atoms with E-state index in [0.29, 0.717) is 11.4 Å². The molecule has 1 heterocycles. The van der Waals surface area contributed by atoms with Crippen molar-refractivity contribution in [2.45, 2.75) is 20.8 Å².